The number of carbonyl (C=O) groups is 1. The first-order valence-corrected chi connectivity index (χ1v) is 12.5. The minimum Gasteiger partial charge on any atom is -0.494 e. The van der Waals surface area contributed by atoms with Gasteiger partial charge in [-0.25, -0.2) is 8.42 Å². The highest BCUT2D eigenvalue weighted by Gasteiger charge is 2.34. The lowest BCUT2D eigenvalue weighted by Gasteiger charge is -2.28. The zero-order valence-corrected chi connectivity index (χ0v) is 19.3. The van der Waals surface area contributed by atoms with Gasteiger partial charge in [0.1, 0.15) is 11.5 Å². The van der Waals surface area contributed by atoms with Gasteiger partial charge >= 0.3 is 0 Å². The summed E-state index contributed by atoms with van der Waals surface area (Å²) >= 11 is 0. The number of ether oxygens (including phenoxy) is 2. The quantitative estimate of drug-likeness (QED) is 0.589. The number of hydrogen-bond acceptors (Lipinski definition) is 5. The highest BCUT2D eigenvalue weighted by Crippen LogP contribution is 2.23. The Kier molecular flexibility index (Phi) is 7.59. The van der Waals surface area contributed by atoms with Crippen molar-refractivity contribution in [1.29, 1.82) is 0 Å². The minimum atomic E-state index is -3.12. The van der Waals surface area contributed by atoms with E-state index in [0.717, 1.165) is 28.9 Å². The number of aryl methyl sites for hydroxylation is 1. The highest BCUT2D eigenvalue weighted by atomic mass is 32.2. The number of benzene rings is 2. The lowest BCUT2D eigenvalue weighted by atomic mass is 10.1. The fourth-order valence-electron chi connectivity index (χ4n) is 3.65. The van der Waals surface area contributed by atoms with Crippen molar-refractivity contribution < 1.29 is 22.7 Å². The number of rotatable bonds is 9. The Bertz CT molecular complexity index is 1000. The molecule has 7 heteroatoms. The summed E-state index contributed by atoms with van der Waals surface area (Å²) in [6, 6.07) is 13.0. The normalized spacial score (nSPS) is 17.3. The minimum absolute atomic E-state index is 0.0000917. The third kappa shape index (κ3) is 6.23. The van der Waals surface area contributed by atoms with Crippen LogP contribution in [0, 0.1) is 13.8 Å². The van der Waals surface area contributed by atoms with Crippen molar-refractivity contribution >= 4 is 15.7 Å². The maximum absolute atomic E-state index is 13.1. The first kappa shape index (κ1) is 23.1. The molecule has 1 aliphatic heterocycles. The summed E-state index contributed by atoms with van der Waals surface area (Å²) in [7, 11) is -3.12. The number of carbonyl (C=O) groups excluding carboxylic acids is 1. The summed E-state index contributed by atoms with van der Waals surface area (Å²) in [4.78, 5) is 14.8. The SMILES string of the molecule is CCCOc1ccc(CN(C(=O)COc2cccc(C)c2C)C2CCS(=O)(=O)C2)cc1. The Hall–Kier alpha value is -2.54. The Labute approximate surface area is 185 Å². The molecule has 0 aliphatic carbocycles. The second-order valence-electron chi connectivity index (χ2n) is 8.06. The molecule has 0 saturated carbocycles. The predicted molar refractivity (Wildman–Crippen MR) is 121 cm³/mol. The molecule has 0 spiro atoms. The van der Waals surface area contributed by atoms with E-state index >= 15 is 0 Å². The molecule has 0 bridgehead atoms. The summed E-state index contributed by atoms with van der Waals surface area (Å²) in [6.45, 7) is 6.86. The van der Waals surface area contributed by atoms with E-state index in [2.05, 4.69) is 0 Å². The van der Waals surface area contributed by atoms with Gasteiger partial charge < -0.3 is 14.4 Å². The van der Waals surface area contributed by atoms with Gasteiger partial charge in [-0.1, -0.05) is 31.2 Å². The largest absolute Gasteiger partial charge is 0.494 e. The summed E-state index contributed by atoms with van der Waals surface area (Å²) in [5.74, 6) is 1.35. The van der Waals surface area contributed by atoms with Crippen LogP contribution in [0.25, 0.3) is 0 Å². The van der Waals surface area contributed by atoms with E-state index in [-0.39, 0.29) is 30.1 Å². The molecule has 1 atom stereocenters. The van der Waals surface area contributed by atoms with Gasteiger partial charge in [0.15, 0.2) is 16.4 Å². The van der Waals surface area contributed by atoms with Crippen LogP contribution < -0.4 is 9.47 Å². The molecule has 0 aromatic heterocycles. The summed E-state index contributed by atoms with van der Waals surface area (Å²) in [5.41, 5.74) is 3.01. The van der Waals surface area contributed by atoms with Crippen LogP contribution in [0.4, 0.5) is 0 Å². The van der Waals surface area contributed by atoms with E-state index in [1.54, 1.807) is 4.90 Å². The predicted octanol–water partition coefficient (Wildman–Crippen LogP) is 3.69. The maximum Gasteiger partial charge on any atom is 0.261 e. The standard InChI is InChI=1S/C24H31NO5S/c1-4-13-29-22-10-8-20(9-11-22)15-25(21-12-14-31(27,28)17-21)24(26)16-30-23-7-5-6-18(2)19(23)3/h5-11,21H,4,12-17H2,1-3H3. The molecule has 1 saturated heterocycles. The van der Waals surface area contributed by atoms with Gasteiger partial charge in [-0.3, -0.25) is 4.79 Å². The van der Waals surface area contributed by atoms with Crippen LogP contribution in [0.15, 0.2) is 42.5 Å². The van der Waals surface area contributed by atoms with Crippen LogP contribution in [0.2, 0.25) is 0 Å². The van der Waals surface area contributed by atoms with Gasteiger partial charge in [0.05, 0.1) is 18.1 Å². The fraction of sp³-hybridized carbons (Fsp3) is 0.458. The molecule has 168 valence electrons. The molecule has 1 heterocycles. The van der Waals surface area contributed by atoms with E-state index in [4.69, 9.17) is 9.47 Å². The van der Waals surface area contributed by atoms with Crippen LogP contribution >= 0.6 is 0 Å². The van der Waals surface area contributed by atoms with Crippen molar-refractivity contribution in [2.24, 2.45) is 0 Å². The number of hydrogen-bond donors (Lipinski definition) is 0. The number of sulfone groups is 1. The molecular formula is C24H31NO5S. The highest BCUT2D eigenvalue weighted by molar-refractivity contribution is 7.91. The van der Waals surface area contributed by atoms with Crippen molar-refractivity contribution in [3.63, 3.8) is 0 Å². The third-order valence-electron chi connectivity index (χ3n) is 5.62. The van der Waals surface area contributed by atoms with E-state index < -0.39 is 9.84 Å². The van der Waals surface area contributed by atoms with Gasteiger partial charge in [0, 0.05) is 12.6 Å². The maximum atomic E-state index is 13.1. The van der Waals surface area contributed by atoms with Crippen molar-refractivity contribution in [3.05, 3.63) is 59.2 Å². The topological polar surface area (TPSA) is 72.9 Å². The average Bonchev–Trinajstić information content (AvgIpc) is 3.11. The molecule has 0 radical (unpaired) electrons. The summed E-state index contributed by atoms with van der Waals surface area (Å²) < 4.78 is 35.5. The molecule has 1 unspecified atom stereocenters. The Morgan fingerprint density at radius 2 is 1.84 bits per heavy atom. The van der Waals surface area contributed by atoms with Gasteiger partial charge in [-0.05, 0) is 61.6 Å². The molecule has 1 fully saturated rings. The Morgan fingerprint density at radius 1 is 1.10 bits per heavy atom. The average molecular weight is 446 g/mol. The molecule has 1 aliphatic rings. The second kappa shape index (κ2) is 10.2. The van der Waals surface area contributed by atoms with E-state index in [0.29, 0.717) is 25.3 Å². The van der Waals surface area contributed by atoms with Crippen LogP contribution in [-0.4, -0.2) is 50.0 Å². The van der Waals surface area contributed by atoms with Gasteiger partial charge in [-0.15, -0.1) is 0 Å². The first-order valence-electron chi connectivity index (χ1n) is 10.7. The van der Waals surface area contributed by atoms with Crippen LogP contribution in [-0.2, 0) is 21.2 Å². The monoisotopic (exact) mass is 445 g/mol. The van der Waals surface area contributed by atoms with Crippen LogP contribution in [0.3, 0.4) is 0 Å². The van der Waals surface area contributed by atoms with Crippen LogP contribution in [0.1, 0.15) is 36.5 Å². The fourth-order valence-corrected chi connectivity index (χ4v) is 5.38. The second-order valence-corrected chi connectivity index (χ2v) is 10.3. The molecule has 6 nitrogen and oxygen atoms in total. The zero-order chi connectivity index (χ0) is 22.4. The first-order chi connectivity index (χ1) is 14.8. The lowest BCUT2D eigenvalue weighted by molar-refractivity contribution is -0.136. The number of amides is 1. The molecular weight excluding hydrogens is 414 g/mol. The Balaban J connectivity index is 1.73. The molecule has 0 N–H and O–H groups in total. The summed E-state index contributed by atoms with van der Waals surface area (Å²) in [5, 5.41) is 0. The molecule has 2 aromatic rings. The molecule has 31 heavy (non-hydrogen) atoms. The van der Waals surface area contributed by atoms with Crippen molar-refractivity contribution in [2.45, 2.75) is 46.2 Å². The van der Waals surface area contributed by atoms with Crippen molar-refractivity contribution in [2.75, 3.05) is 24.7 Å². The molecule has 3 rings (SSSR count). The molecule has 1 amide bonds. The van der Waals surface area contributed by atoms with Crippen molar-refractivity contribution in [1.82, 2.24) is 4.90 Å². The smallest absolute Gasteiger partial charge is 0.261 e. The van der Waals surface area contributed by atoms with Gasteiger partial charge in [0.25, 0.3) is 5.91 Å². The third-order valence-corrected chi connectivity index (χ3v) is 7.38. The van der Waals surface area contributed by atoms with E-state index in [1.807, 2.05) is 63.2 Å². The van der Waals surface area contributed by atoms with E-state index in [1.165, 1.54) is 0 Å². The Morgan fingerprint density at radius 3 is 2.48 bits per heavy atom. The van der Waals surface area contributed by atoms with Crippen molar-refractivity contribution in [3.8, 4) is 11.5 Å². The van der Waals surface area contributed by atoms with Crippen LogP contribution in [0.5, 0.6) is 11.5 Å². The summed E-state index contributed by atoms with van der Waals surface area (Å²) in [6.07, 6.45) is 1.38. The molecule has 2 aromatic carbocycles. The van der Waals surface area contributed by atoms with E-state index in [9.17, 15) is 13.2 Å². The van der Waals surface area contributed by atoms with Gasteiger partial charge in [-0.2, -0.15) is 0 Å². The number of nitrogens with zero attached hydrogens (tertiary/aromatic N) is 1. The zero-order valence-electron chi connectivity index (χ0n) is 18.5. The van der Waals surface area contributed by atoms with Gasteiger partial charge in [0.2, 0.25) is 0 Å². The lowest BCUT2D eigenvalue weighted by Crippen LogP contribution is -2.43.